The second kappa shape index (κ2) is 8.23. The number of aliphatic carboxylic acids is 2. The van der Waals surface area contributed by atoms with Gasteiger partial charge in [-0.05, 0) is 0 Å². The minimum absolute atomic E-state index is 0.132. The maximum atomic E-state index is 10.5. The van der Waals surface area contributed by atoms with E-state index in [1.165, 1.54) is 17.0 Å². The zero-order chi connectivity index (χ0) is 13.4. The molecule has 0 aromatic carbocycles. The summed E-state index contributed by atoms with van der Waals surface area (Å²) < 4.78 is 0. The van der Waals surface area contributed by atoms with Gasteiger partial charge in [0.1, 0.15) is 17.2 Å². The topological polar surface area (TPSA) is 155 Å². The van der Waals surface area contributed by atoms with E-state index in [-0.39, 0.29) is 11.5 Å². The number of rotatable bonds is 8. The van der Waals surface area contributed by atoms with Gasteiger partial charge in [0.15, 0.2) is 0 Å². The van der Waals surface area contributed by atoms with Crippen LogP contribution in [0.4, 0.5) is 0 Å². The van der Waals surface area contributed by atoms with E-state index >= 15 is 0 Å². The number of hydrogen-bond donors (Lipinski definition) is 4. The van der Waals surface area contributed by atoms with E-state index in [9.17, 15) is 14.7 Å². The summed E-state index contributed by atoms with van der Waals surface area (Å²) >= 11 is 0. The number of hydrogen-bond acceptors (Lipinski definition) is 7. The van der Waals surface area contributed by atoms with E-state index in [2.05, 4.69) is 0 Å². The summed E-state index contributed by atoms with van der Waals surface area (Å²) in [5.41, 5.74) is 15.9. The summed E-state index contributed by atoms with van der Waals surface area (Å²) in [6.07, 6.45) is 1.27. The van der Waals surface area contributed by atoms with Gasteiger partial charge in [-0.1, -0.05) is 0 Å². The normalized spacial score (nSPS) is 16.6. The molecule has 0 saturated carbocycles. The van der Waals surface area contributed by atoms with E-state index in [4.69, 9.17) is 22.3 Å². The molecular formula is C8H15N3O4S2. The van der Waals surface area contributed by atoms with Crippen molar-refractivity contribution in [3.8, 4) is 0 Å². The van der Waals surface area contributed by atoms with E-state index in [1.807, 2.05) is 0 Å². The maximum absolute atomic E-state index is 10.5. The van der Waals surface area contributed by atoms with Gasteiger partial charge in [-0.15, -0.1) is 0 Å². The van der Waals surface area contributed by atoms with E-state index in [1.54, 1.807) is 5.41 Å². The van der Waals surface area contributed by atoms with Gasteiger partial charge in [-0.2, -0.15) is 0 Å². The molecule has 0 aliphatic rings. The van der Waals surface area contributed by atoms with Crippen molar-refractivity contribution < 1.29 is 19.8 Å². The summed E-state index contributed by atoms with van der Waals surface area (Å²) in [4.78, 5) is 21.0. The smallest absolute Gasteiger partial charge is 0.321 e. The molecule has 0 saturated heterocycles. The molecule has 3 atom stereocenters. The van der Waals surface area contributed by atoms with Crippen LogP contribution in [0.15, 0.2) is 11.6 Å². The number of carboxylic acids is 2. The molecule has 7 nitrogen and oxygen atoms in total. The van der Waals surface area contributed by atoms with Crippen LogP contribution in [-0.2, 0) is 19.5 Å². The lowest BCUT2D eigenvalue weighted by Crippen LogP contribution is -2.45. The van der Waals surface area contributed by atoms with Gasteiger partial charge in [-0.25, -0.2) is 0 Å². The fraction of sp³-hybridized carbons (Fsp3) is 0.500. The van der Waals surface area contributed by atoms with Crippen molar-refractivity contribution in [2.45, 2.75) is 12.1 Å². The van der Waals surface area contributed by atoms with Gasteiger partial charge < -0.3 is 32.2 Å². The van der Waals surface area contributed by atoms with Gasteiger partial charge in [0, 0.05) is 6.20 Å². The lowest BCUT2D eigenvalue weighted by atomic mass is 10.4. The Hall–Kier alpha value is -0.900. The highest BCUT2D eigenvalue weighted by atomic mass is 33.1. The van der Waals surface area contributed by atoms with Crippen LogP contribution in [0.1, 0.15) is 0 Å². The molecule has 98 valence electrons. The van der Waals surface area contributed by atoms with Gasteiger partial charge in [-0.3, -0.25) is 4.79 Å². The van der Waals surface area contributed by atoms with Gasteiger partial charge >= 0.3 is 5.97 Å². The first kappa shape index (κ1) is 16.1. The van der Waals surface area contributed by atoms with Crippen LogP contribution in [0.5, 0.6) is 0 Å². The predicted octanol–water partition coefficient (Wildman–Crippen LogP) is -2.83. The lowest BCUT2D eigenvalue weighted by Gasteiger charge is -2.11. The fourth-order valence-electron chi connectivity index (χ4n) is 0.708. The lowest BCUT2D eigenvalue weighted by molar-refractivity contribution is -0.306. The van der Waals surface area contributed by atoms with Crippen LogP contribution in [0.25, 0.3) is 0 Å². The SMILES string of the molecule is NC=C[S+](C[C@@H](N)C(=O)[O-])SC[C@@H](N)C(=O)O. The molecule has 0 amide bonds. The molecule has 0 spiro atoms. The molecule has 7 N–H and O–H groups in total. The molecule has 0 bridgehead atoms. The van der Waals surface area contributed by atoms with Crippen LogP contribution in [0.3, 0.4) is 0 Å². The number of carbonyl (C=O) groups excluding carboxylic acids is 1. The highest BCUT2D eigenvalue weighted by molar-refractivity contribution is 8.75. The molecule has 0 fully saturated rings. The van der Waals surface area contributed by atoms with E-state index in [0.717, 1.165) is 0 Å². The number of carbonyl (C=O) groups is 2. The monoisotopic (exact) mass is 281 g/mol. The highest BCUT2D eigenvalue weighted by Crippen LogP contribution is 2.19. The Bertz CT molecular complexity index is 300. The average molecular weight is 281 g/mol. The number of nitrogens with two attached hydrogens (primary N) is 3. The first-order chi connectivity index (χ1) is 7.88. The molecule has 1 unspecified atom stereocenters. The number of carboxylic acid groups (broad SMARTS) is 2. The van der Waals surface area contributed by atoms with Crippen molar-refractivity contribution in [3.05, 3.63) is 11.6 Å². The van der Waals surface area contributed by atoms with Gasteiger partial charge in [0.2, 0.25) is 0 Å². The average Bonchev–Trinajstić information content (AvgIpc) is 2.25. The summed E-state index contributed by atoms with van der Waals surface area (Å²) in [5.74, 6) is -2.17. The Morgan fingerprint density at radius 3 is 2.41 bits per heavy atom. The Kier molecular flexibility index (Phi) is 7.79. The minimum atomic E-state index is -1.35. The molecule has 0 aromatic rings. The second-order valence-electron chi connectivity index (χ2n) is 3.03. The molecule has 0 aromatic heterocycles. The largest absolute Gasteiger partial charge is 0.548 e. The first-order valence-electron chi connectivity index (χ1n) is 4.54. The predicted molar refractivity (Wildman–Crippen MR) is 66.6 cm³/mol. The molecule has 0 heterocycles. The standard InChI is InChI=1S/C8H15N3O4S2/c9-1-2-17(4-6(11)8(14)15)16-3-5(10)7(12)13/h1-2,5-6H,3-4,9-11H2,(H-,12,13,14,15)/t5-,6-,17?/m1/s1. The molecular weight excluding hydrogens is 266 g/mol. The molecule has 0 radical (unpaired) electrons. The Morgan fingerprint density at radius 2 is 2.00 bits per heavy atom. The highest BCUT2D eigenvalue weighted by Gasteiger charge is 2.25. The van der Waals surface area contributed by atoms with Crippen LogP contribution in [0, 0.1) is 0 Å². The van der Waals surface area contributed by atoms with Crippen molar-refractivity contribution >= 4 is 32.7 Å². The van der Waals surface area contributed by atoms with E-state index in [0.29, 0.717) is 0 Å². The van der Waals surface area contributed by atoms with Crippen LogP contribution in [0.2, 0.25) is 0 Å². The Morgan fingerprint density at radius 1 is 1.41 bits per heavy atom. The molecule has 17 heavy (non-hydrogen) atoms. The van der Waals surface area contributed by atoms with Crippen LogP contribution >= 0.6 is 10.8 Å². The summed E-state index contributed by atoms with van der Waals surface area (Å²) in [6, 6.07) is -2.11. The zero-order valence-electron chi connectivity index (χ0n) is 8.94. The second-order valence-corrected chi connectivity index (χ2v) is 6.96. The molecule has 0 rings (SSSR count). The van der Waals surface area contributed by atoms with Crippen molar-refractivity contribution in [2.75, 3.05) is 11.5 Å². The van der Waals surface area contributed by atoms with Crippen molar-refractivity contribution in [3.63, 3.8) is 0 Å². The summed E-state index contributed by atoms with van der Waals surface area (Å²) in [7, 11) is 0.622. The fourth-order valence-corrected chi connectivity index (χ4v) is 4.24. The molecule has 9 heteroatoms. The Balaban J connectivity index is 4.25. The summed E-state index contributed by atoms with van der Waals surface area (Å²) in [6.45, 7) is 0. The first-order valence-corrected chi connectivity index (χ1v) is 7.50. The van der Waals surface area contributed by atoms with Crippen LogP contribution in [-0.4, -0.2) is 40.6 Å². The minimum Gasteiger partial charge on any atom is -0.548 e. The van der Waals surface area contributed by atoms with Gasteiger partial charge in [0.05, 0.1) is 38.5 Å². The molecule has 0 aliphatic heterocycles. The van der Waals surface area contributed by atoms with Crippen molar-refractivity contribution in [1.29, 1.82) is 0 Å². The maximum Gasteiger partial charge on any atom is 0.321 e. The Labute approximate surface area is 105 Å². The third kappa shape index (κ3) is 7.10. The summed E-state index contributed by atoms with van der Waals surface area (Å²) in [5, 5.41) is 20.6. The van der Waals surface area contributed by atoms with Crippen molar-refractivity contribution in [1.82, 2.24) is 0 Å². The van der Waals surface area contributed by atoms with E-state index < -0.39 is 33.9 Å². The molecule has 0 aliphatic carbocycles. The zero-order valence-corrected chi connectivity index (χ0v) is 10.6. The third-order valence-electron chi connectivity index (χ3n) is 1.59. The quantitative estimate of drug-likeness (QED) is 0.274. The van der Waals surface area contributed by atoms with Crippen LogP contribution < -0.4 is 22.3 Å². The van der Waals surface area contributed by atoms with Gasteiger partial charge in [0.25, 0.3) is 0 Å². The third-order valence-corrected chi connectivity index (χ3v) is 5.60. The van der Waals surface area contributed by atoms with Crippen molar-refractivity contribution in [2.24, 2.45) is 17.2 Å².